The van der Waals surface area contributed by atoms with Crippen molar-refractivity contribution in [3.8, 4) is 5.75 Å². The Morgan fingerprint density at radius 1 is 1.36 bits per heavy atom. The fourth-order valence-corrected chi connectivity index (χ4v) is 0.914. The Hall–Kier alpha value is -1.51. The van der Waals surface area contributed by atoms with Crippen molar-refractivity contribution < 1.29 is 9.53 Å². The molecular formula is C11H15NO2. The maximum atomic E-state index is 11.3. The molecule has 0 radical (unpaired) electrons. The molecule has 14 heavy (non-hydrogen) atoms. The summed E-state index contributed by atoms with van der Waals surface area (Å²) in [7, 11) is 1.70. The zero-order chi connectivity index (χ0) is 10.6. The second-order valence-corrected chi connectivity index (χ2v) is 3.20. The summed E-state index contributed by atoms with van der Waals surface area (Å²) in [4.78, 5) is 12.8. The average molecular weight is 193 g/mol. The van der Waals surface area contributed by atoms with Crippen molar-refractivity contribution in [3.05, 3.63) is 29.8 Å². The number of ether oxygens (including phenoxy) is 1. The molecular weight excluding hydrogens is 178 g/mol. The summed E-state index contributed by atoms with van der Waals surface area (Å²) in [5.74, 6) is 0.584. The lowest BCUT2D eigenvalue weighted by molar-refractivity contribution is 0.165. The topological polar surface area (TPSA) is 29.5 Å². The molecule has 0 aliphatic heterocycles. The molecule has 1 aromatic carbocycles. The van der Waals surface area contributed by atoms with Crippen molar-refractivity contribution in [2.24, 2.45) is 0 Å². The van der Waals surface area contributed by atoms with Crippen LogP contribution in [-0.4, -0.2) is 24.6 Å². The van der Waals surface area contributed by atoms with E-state index >= 15 is 0 Å². The molecule has 0 saturated carbocycles. The predicted octanol–water partition coefficient (Wildman–Crippen LogP) is 2.45. The molecule has 0 aliphatic rings. The molecule has 1 aromatic rings. The zero-order valence-electron chi connectivity index (χ0n) is 8.78. The van der Waals surface area contributed by atoms with Gasteiger partial charge in [0.2, 0.25) is 0 Å². The third kappa shape index (κ3) is 2.76. The Morgan fingerprint density at radius 3 is 2.43 bits per heavy atom. The van der Waals surface area contributed by atoms with Crippen molar-refractivity contribution >= 4 is 6.09 Å². The third-order valence-electron chi connectivity index (χ3n) is 2.01. The second-order valence-electron chi connectivity index (χ2n) is 3.20. The summed E-state index contributed by atoms with van der Waals surface area (Å²) in [6.07, 6.45) is -0.323. The van der Waals surface area contributed by atoms with Crippen LogP contribution in [0.2, 0.25) is 0 Å². The first kappa shape index (κ1) is 10.6. The van der Waals surface area contributed by atoms with E-state index in [9.17, 15) is 4.79 Å². The quantitative estimate of drug-likeness (QED) is 0.722. The third-order valence-corrected chi connectivity index (χ3v) is 2.01. The van der Waals surface area contributed by atoms with Crippen LogP contribution < -0.4 is 4.74 Å². The molecule has 1 amide bonds. The van der Waals surface area contributed by atoms with Crippen LogP contribution in [-0.2, 0) is 0 Å². The number of rotatable bonds is 2. The smallest absolute Gasteiger partial charge is 0.410 e. The van der Waals surface area contributed by atoms with Crippen molar-refractivity contribution in [3.63, 3.8) is 0 Å². The van der Waals surface area contributed by atoms with Crippen LogP contribution in [0.3, 0.4) is 0 Å². The Labute approximate surface area is 84.3 Å². The number of hydrogen-bond donors (Lipinski definition) is 0. The lowest BCUT2D eigenvalue weighted by atomic mass is 10.2. The molecule has 0 saturated heterocycles. The SMILES string of the molecule is CCN(C)C(=O)Oc1ccc(C)cc1. The van der Waals surface area contributed by atoms with Crippen molar-refractivity contribution in [1.29, 1.82) is 0 Å². The van der Waals surface area contributed by atoms with Gasteiger partial charge in [0.05, 0.1) is 0 Å². The van der Waals surface area contributed by atoms with Gasteiger partial charge in [-0.3, -0.25) is 0 Å². The van der Waals surface area contributed by atoms with Gasteiger partial charge in [0.25, 0.3) is 0 Å². The maximum absolute atomic E-state index is 11.3. The minimum absolute atomic E-state index is 0.323. The highest BCUT2D eigenvalue weighted by atomic mass is 16.6. The summed E-state index contributed by atoms with van der Waals surface area (Å²) in [5, 5.41) is 0. The molecule has 0 unspecified atom stereocenters. The van der Waals surface area contributed by atoms with Gasteiger partial charge in [-0.2, -0.15) is 0 Å². The Kier molecular flexibility index (Phi) is 3.51. The van der Waals surface area contributed by atoms with Gasteiger partial charge in [-0.25, -0.2) is 4.79 Å². The first-order valence-electron chi connectivity index (χ1n) is 4.63. The normalized spacial score (nSPS) is 9.64. The Bertz CT molecular complexity index is 306. The summed E-state index contributed by atoms with van der Waals surface area (Å²) >= 11 is 0. The molecule has 0 heterocycles. The highest BCUT2D eigenvalue weighted by Crippen LogP contribution is 2.12. The van der Waals surface area contributed by atoms with Crippen LogP contribution in [0.1, 0.15) is 12.5 Å². The van der Waals surface area contributed by atoms with Gasteiger partial charge in [-0.05, 0) is 26.0 Å². The molecule has 0 aliphatic carbocycles. The van der Waals surface area contributed by atoms with Gasteiger partial charge < -0.3 is 9.64 Å². The zero-order valence-corrected chi connectivity index (χ0v) is 8.78. The summed E-state index contributed by atoms with van der Waals surface area (Å²) in [6, 6.07) is 7.40. The molecule has 76 valence electrons. The van der Waals surface area contributed by atoms with Gasteiger partial charge in [0.15, 0.2) is 0 Å². The number of aryl methyl sites for hydroxylation is 1. The molecule has 3 heteroatoms. The first-order chi connectivity index (χ1) is 6.63. The number of nitrogens with zero attached hydrogens (tertiary/aromatic N) is 1. The number of hydrogen-bond acceptors (Lipinski definition) is 2. The van der Waals surface area contributed by atoms with Gasteiger partial charge in [0.1, 0.15) is 5.75 Å². The van der Waals surface area contributed by atoms with Crippen molar-refractivity contribution in [2.75, 3.05) is 13.6 Å². The van der Waals surface area contributed by atoms with Crippen molar-refractivity contribution in [2.45, 2.75) is 13.8 Å². The monoisotopic (exact) mass is 193 g/mol. The van der Waals surface area contributed by atoms with Crippen LogP contribution >= 0.6 is 0 Å². The summed E-state index contributed by atoms with van der Waals surface area (Å²) in [5.41, 5.74) is 1.15. The lowest BCUT2D eigenvalue weighted by Gasteiger charge is -2.13. The van der Waals surface area contributed by atoms with E-state index in [-0.39, 0.29) is 6.09 Å². The van der Waals surface area contributed by atoms with Crippen molar-refractivity contribution in [1.82, 2.24) is 4.90 Å². The van der Waals surface area contributed by atoms with E-state index in [1.54, 1.807) is 19.2 Å². The van der Waals surface area contributed by atoms with Crippen LogP contribution in [0.4, 0.5) is 4.79 Å². The largest absolute Gasteiger partial charge is 0.414 e. The van der Waals surface area contributed by atoms with E-state index in [0.29, 0.717) is 12.3 Å². The van der Waals surface area contributed by atoms with Crippen LogP contribution in [0, 0.1) is 6.92 Å². The molecule has 0 spiro atoms. The molecule has 0 atom stereocenters. The molecule has 0 aromatic heterocycles. The molecule has 0 bridgehead atoms. The lowest BCUT2D eigenvalue weighted by Crippen LogP contribution is -2.29. The van der Waals surface area contributed by atoms with Gasteiger partial charge in [0, 0.05) is 13.6 Å². The van der Waals surface area contributed by atoms with Crippen LogP contribution in [0.25, 0.3) is 0 Å². The first-order valence-corrected chi connectivity index (χ1v) is 4.63. The number of carbonyl (C=O) groups excluding carboxylic acids is 1. The van der Waals surface area contributed by atoms with Gasteiger partial charge in [-0.15, -0.1) is 0 Å². The Morgan fingerprint density at radius 2 is 1.93 bits per heavy atom. The predicted molar refractivity (Wildman–Crippen MR) is 55.5 cm³/mol. The summed E-state index contributed by atoms with van der Waals surface area (Å²) in [6.45, 7) is 4.53. The Balaban J connectivity index is 2.60. The number of benzene rings is 1. The fourth-order valence-electron chi connectivity index (χ4n) is 0.914. The van der Waals surface area contributed by atoms with E-state index in [1.807, 2.05) is 26.0 Å². The average Bonchev–Trinajstić information content (AvgIpc) is 2.20. The molecule has 0 fully saturated rings. The minimum Gasteiger partial charge on any atom is -0.410 e. The maximum Gasteiger partial charge on any atom is 0.414 e. The molecule has 1 rings (SSSR count). The van der Waals surface area contributed by atoms with E-state index < -0.39 is 0 Å². The number of amides is 1. The van der Waals surface area contributed by atoms with Gasteiger partial charge in [-0.1, -0.05) is 17.7 Å². The molecule has 0 N–H and O–H groups in total. The minimum atomic E-state index is -0.323. The molecule has 3 nitrogen and oxygen atoms in total. The highest BCUT2D eigenvalue weighted by Gasteiger charge is 2.08. The fraction of sp³-hybridized carbons (Fsp3) is 0.364. The van der Waals surface area contributed by atoms with Crippen LogP contribution in [0.5, 0.6) is 5.75 Å². The highest BCUT2D eigenvalue weighted by molar-refractivity contribution is 5.70. The standard InChI is InChI=1S/C11H15NO2/c1-4-12(3)11(13)14-10-7-5-9(2)6-8-10/h5-8H,4H2,1-3H3. The van der Waals surface area contributed by atoms with Crippen LogP contribution in [0.15, 0.2) is 24.3 Å². The van der Waals surface area contributed by atoms with E-state index in [0.717, 1.165) is 5.56 Å². The van der Waals surface area contributed by atoms with E-state index in [4.69, 9.17) is 4.74 Å². The van der Waals surface area contributed by atoms with E-state index in [2.05, 4.69) is 0 Å². The summed E-state index contributed by atoms with van der Waals surface area (Å²) < 4.78 is 5.11. The van der Waals surface area contributed by atoms with Gasteiger partial charge >= 0.3 is 6.09 Å². The second kappa shape index (κ2) is 4.65. The van der Waals surface area contributed by atoms with E-state index in [1.165, 1.54) is 4.90 Å². The number of carbonyl (C=O) groups is 1.